The number of fused-ring (bicyclic) bond motifs is 1. The molecule has 0 saturated heterocycles. The summed E-state index contributed by atoms with van der Waals surface area (Å²) in [6.45, 7) is 5.74. The molecule has 2 rings (SSSR count). The van der Waals surface area contributed by atoms with Crippen LogP contribution in [-0.2, 0) is 12.8 Å². The van der Waals surface area contributed by atoms with Crippen LogP contribution in [-0.4, -0.2) is 25.0 Å². The standard InChI is InChI=1S/C15H24N2OS/c1-11(2)16-8-9-17-15(18)14-10-12-6-4-3-5-7-13(12)19-14/h10-11,16H,3-9H2,1-2H3,(H,17,18). The fraction of sp³-hybridized carbons (Fsp3) is 0.667. The van der Waals surface area contributed by atoms with Gasteiger partial charge in [0, 0.05) is 24.0 Å². The zero-order valence-electron chi connectivity index (χ0n) is 11.9. The lowest BCUT2D eigenvalue weighted by atomic mass is 10.1. The highest BCUT2D eigenvalue weighted by Gasteiger charge is 2.15. The highest BCUT2D eigenvalue weighted by Crippen LogP contribution is 2.28. The van der Waals surface area contributed by atoms with Crippen molar-refractivity contribution >= 4 is 17.2 Å². The third-order valence-corrected chi connectivity index (χ3v) is 4.67. The number of amides is 1. The van der Waals surface area contributed by atoms with Gasteiger partial charge in [0.25, 0.3) is 5.91 Å². The Kier molecular flexibility index (Phi) is 5.40. The largest absolute Gasteiger partial charge is 0.350 e. The highest BCUT2D eigenvalue weighted by atomic mass is 32.1. The van der Waals surface area contributed by atoms with Crippen LogP contribution in [0.5, 0.6) is 0 Å². The fourth-order valence-electron chi connectivity index (χ4n) is 2.40. The van der Waals surface area contributed by atoms with Crippen LogP contribution in [0.2, 0.25) is 0 Å². The summed E-state index contributed by atoms with van der Waals surface area (Å²) in [5.41, 5.74) is 1.41. The van der Waals surface area contributed by atoms with Crippen molar-refractivity contribution in [2.45, 2.75) is 52.0 Å². The predicted octanol–water partition coefficient (Wildman–Crippen LogP) is 2.74. The Morgan fingerprint density at radius 2 is 2.05 bits per heavy atom. The van der Waals surface area contributed by atoms with Gasteiger partial charge in [0.15, 0.2) is 0 Å². The van der Waals surface area contributed by atoms with E-state index in [1.54, 1.807) is 11.3 Å². The zero-order chi connectivity index (χ0) is 13.7. The maximum atomic E-state index is 12.1. The van der Waals surface area contributed by atoms with Crippen molar-refractivity contribution in [3.05, 3.63) is 21.4 Å². The van der Waals surface area contributed by atoms with Gasteiger partial charge in [-0.15, -0.1) is 11.3 Å². The summed E-state index contributed by atoms with van der Waals surface area (Å²) in [5, 5.41) is 6.29. The molecule has 0 aromatic carbocycles. The van der Waals surface area contributed by atoms with E-state index >= 15 is 0 Å². The first-order valence-corrected chi connectivity index (χ1v) is 8.11. The first-order chi connectivity index (χ1) is 9.16. The molecule has 0 atom stereocenters. The number of carbonyl (C=O) groups excluding carboxylic acids is 1. The minimum Gasteiger partial charge on any atom is -0.350 e. The molecule has 2 N–H and O–H groups in total. The summed E-state index contributed by atoms with van der Waals surface area (Å²) in [4.78, 5) is 14.4. The molecule has 106 valence electrons. The summed E-state index contributed by atoms with van der Waals surface area (Å²) in [6.07, 6.45) is 6.16. The van der Waals surface area contributed by atoms with Crippen molar-refractivity contribution in [1.29, 1.82) is 0 Å². The second-order valence-corrected chi connectivity index (χ2v) is 6.62. The van der Waals surface area contributed by atoms with Gasteiger partial charge in [-0.1, -0.05) is 20.3 Å². The van der Waals surface area contributed by atoms with E-state index < -0.39 is 0 Å². The summed E-state index contributed by atoms with van der Waals surface area (Å²) in [5.74, 6) is 0.0867. The van der Waals surface area contributed by atoms with Crippen LogP contribution in [0, 0.1) is 0 Å². The van der Waals surface area contributed by atoms with Crippen LogP contribution in [0.4, 0.5) is 0 Å². The maximum absolute atomic E-state index is 12.1. The predicted molar refractivity (Wildman–Crippen MR) is 81.0 cm³/mol. The Morgan fingerprint density at radius 3 is 2.84 bits per heavy atom. The van der Waals surface area contributed by atoms with Crippen LogP contribution >= 0.6 is 11.3 Å². The third-order valence-electron chi connectivity index (χ3n) is 3.43. The van der Waals surface area contributed by atoms with Crippen molar-refractivity contribution in [1.82, 2.24) is 10.6 Å². The normalized spacial score (nSPS) is 15.1. The Balaban J connectivity index is 1.86. The number of carbonyl (C=O) groups is 1. The summed E-state index contributed by atoms with van der Waals surface area (Å²) in [7, 11) is 0. The zero-order valence-corrected chi connectivity index (χ0v) is 12.7. The Bertz CT molecular complexity index is 402. The van der Waals surface area contributed by atoms with E-state index in [0.717, 1.165) is 24.3 Å². The fourth-order valence-corrected chi connectivity index (χ4v) is 3.57. The van der Waals surface area contributed by atoms with E-state index in [-0.39, 0.29) is 5.91 Å². The number of hydrogen-bond donors (Lipinski definition) is 2. The topological polar surface area (TPSA) is 41.1 Å². The molecular weight excluding hydrogens is 256 g/mol. The molecule has 1 heterocycles. The lowest BCUT2D eigenvalue weighted by molar-refractivity contribution is 0.0957. The van der Waals surface area contributed by atoms with Crippen LogP contribution in [0.25, 0.3) is 0 Å². The van der Waals surface area contributed by atoms with Gasteiger partial charge < -0.3 is 10.6 Å². The van der Waals surface area contributed by atoms with Crippen molar-refractivity contribution in [3.8, 4) is 0 Å². The second kappa shape index (κ2) is 7.06. The molecule has 0 aliphatic heterocycles. The lowest BCUT2D eigenvalue weighted by Crippen LogP contribution is -2.34. The van der Waals surface area contributed by atoms with Crippen molar-refractivity contribution < 1.29 is 4.79 Å². The van der Waals surface area contributed by atoms with Crippen molar-refractivity contribution in [2.24, 2.45) is 0 Å². The molecule has 19 heavy (non-hydrogen) atoms. The molecule has 0 spiro atoms. The number of nitrogens with one attached hydrogen (secondary N) is 2. The molecule has 4 heteroatoms. The minimum absolute atomic E-state index is 0.0867. The van der Waals surface area contributed by atoms with Gasteiger partial charge >= 0.3 is 0 Å². The number of thiophene rings is 1. The van der Waals surface area contributed by atoms with Crippen molar-refractivity contribution in [3.63, 3.8) is 0 Å². The molecule has 0 radical (unpaired) electrons. The first-order valence-electron chi connectivity index (χ1n) is 7.30. The quantitative estimate of drug-likeness (QED) is 0.643. The van der Waals surface area contributed by atoms with Gasteiger partial charge in [-0.2, -0.15) is 0 Å². The molecule has 1 aromatic rings. The SMILES string of the molecule is CC(C)NCCNC(=O)c1cc2c(s1)CCCCC2. The van der Waals surface area contributed by atoms with E-state index in [2.05, 4.69) is 30.5 Å². The third kappa shape index (κ3) is 4.32. The van der Waals surface area contributed by atoms with E-state index in [9.17, 15) is 4.79 Å². The first kappa shape index (κ1) is 14.5. The molecule has 0 bridgehead atoms. The molecule has 0 fully saturated rings. The van der Waals surface area contributed by atoms with E-state index in [1.165, 1.54) is 29.7 Å². The molecule has 1 aliphatic carbocycles. The number of aryl methyl sites for hydroxylation is 2. The Hall–Kier alpha value is -0.870. The minimum atomic E-state index is 0.0867. The smallest absolute Gasteiger partial charge is 0.261 e. The van der Waals surface area contributed by atoms with Gasteiger partial charge in [0.2, 0.25) is 0 Å². The van der Waals surface area contributed by atoms with E-state index in [1.807, 2.05) is 0 Å². The Morgan fingerprint density at radius 1 is 1.26 bits per heavy atom. The Labute approximate surface area is 119 Å². The second-order valence-electron chi connectivity index (χ2n) is 5.48. The number of rotatable bonds is 5. The average molecular weight is 280 g/mol. The molecule has 0 saturated carbocycles. The average Bonchev–Trinajstić information content (AvgIpc) is 2.66. The van der Waals surface area contributed by atoms with E-state index in [0.29, 0.717) is 12.6 Å². The number of hydrogen-bond acceptors (Lipinski definition) is 3. The highest BCUT2D eigenvalue weighted by molar-refractivity contribution is 7.14. The van der Waals surface area contributed by atoms with Gasteiger partial charge in [-0.3, -0.25) is 4.79 Å². The van der Waals surface area contributed by atoms with Crippen LogP contribution in [0.3, 0.4) is 0 Å². The summed E-state index contributed by atoms with van der Waals surface area (Å²) >= 11 is 1.69. The summed E-state index contributed by atoms with van der Waals surface area (Å²) in [6, 6.07) is 2.57. The van der Waals surface area contributed by atoms with Gasteiger partial charge in [0.1, 0.15) is 0 Å². The molecule has 3 nitrogen and oxygen atoms in total. The van der Waals surface area contributed by atoms with Gasteiger partial charge in [-0.25, -0.2) is 0 Å². The van der Waals surface area contributed by atoms with Gasteiger partial charge in [-0.05, 0) is 37.3 Å². The van der Waals surface area contributed by atoms with Gasteiger partial charge in [0.05, 0.1) is 4.88 Å². The van der Waals surface area contributed by atoms with Crippen LogP contribution < -0.4 is 10.6 Å². The monoisotopic (exact) mass is 280 g/mol. The molecule has 1 amide bonds. The van der Waals surface area contributed by atoms with Crippen LogP contribution in [0.1, 0.15) is 53.2 Å². The summed E-state index contributed by atoms with van der Waals surface area (Å²) < 4.78 is 0. The van der Waals surface area contributed by atoms with E-state index in [4.69, 9.17) is 0 Å². The molecule has 0 unspecified atom stereocenters. The molecular formula is C15H24N2OS. The lowest BCUT2D eigenvalue weighted by Gasteiger charge is -2.08. The van der Waals surface area contributed by atoms with Crippen LogP contribution in [0.15, 0.2) is 6.07 Å². The maximum Gasteiger partial charge on any atom is 0.261 e. The molecule has 1 aromatic heterocycles. The molecule has 1 aliphatic rings. The van der Waals surface area contributed by atoms with Crippen molar-refractivity contribution in [2.75, 3.05) is 13.1 Å².